The van der Waals surface area contributed by atoms with Crippen molar-refractivity contribution in [2.45, 2.75) is 6.92 Å². The quantitative estimate of drug-likeness (QED) is 0.295. The number of halogens is 1. The summed E-state index contributed by atoms with van der Waals surface area (Å²) in [4.78, 5) is 13.7. The molecule has 2 N–H and O–H groups in total. The number of ether oxygens (including phenoxy) is 1. The second-order valence-corrected chi connectivity index (χ2v) is 9.48. The molecule has 0 spiro atoms. The van der Waals surface area contributed by atoms with E-state index in [1.165, 1.54) is 18.4 Å². The van der Waals surface area contributed by atoms with E-state index in [-0.39, 0.29) is 11.0 Å². The Morgan fingerprint density at radius 3 is 2.65 bits per heavy atom. The maximum absolute atomic E-state index is 13.0. The topological polar surface area (TPSA) is 93.4 Å². The number of carbonyl (C=O) groups excluding carboxylic acids is 1. The molecule has 34 heavy (non-hydrogen) atoms. The number of fused-ring (bicyclic) bond motifs is 2. The molecule has 0 atom stereocenters. The zero-order valence-electron chi connectivity index (χ0n) is 18.0. The van der Waals surface area contributed by atoms with Gasteiger partial charge in [0.25, 0.3) is 5.91 Å². The van der Waals surface area contributed by atoms with E-state index >= 15 is 0 Å². The first-order valence-corrected chi connectivity index (χ1v) is 12.1. The average Bonchev–Trinajstić information content (AvgIpc) is 3.41. The summed E-state index contributed by atoms with van der Waals surface area (Å²) in [5.74, 6) is 0.822. The molecule has 2 heterocycles. The molecule has 5 aromatic rings. The van der Waals surface area contributed by atoms with Crippen molar-refractivity contribution < 1.29 is 9.53 Å². The van der Waals surface area contributed by atoms with Gasteiger partial charge in [-0.05, 0) is 76.2 Å². The van der Waals surface area contributed by atoms with Crippen LogP contribution in [0.5, 0.6) is 5.75 Å². The smallest absolute Gasteiger partial charge is 0.261 e. The summed E-state index contributed by atoms with van der Waals surface area (Å²) in [6.45, 7) is 1.86. The lowest BCUT2D eigenvalue weighted by Gasteiger charge is -2.14. The number of aromatic nitrogens is 4. The van der Waals surface area contributed by atoms with E-state index in [1.54, 1.807) is 10.6 Å². The number of nitrogens with one attached hydrogen (secondary N) is 2. The molecule has 0 aliphatic rings. The second kappa shape index (κ2) is 9.09. The number of anilines is 1. The number of nitrogens with zero attached hydrogens (tertiary/aromatic N) is 4. The standard InChI is InChI=1S/C23H17BrN6O2S2/c1-12-27-28-23-30(12)29-21(34-23)13-7-9-15(10-8-13)25-22(33)26-20(31)17-11-14-5-3-4-6-16(14)18(24)19(17)32-2/h3-11H,1-2H3,(H2,25,26,31,33). The van der Waals surface area contributed by atoms with Crippen molar-refractivity contribution in [2.75, 3.05) is 12.4 Å². The number of hydrogen-bond donors (Lipinski definition) is 2. The van der Waals surface area contributed by atoms with E-state index in [2.05, 4.69) is 41.9 Å². The summed E-state index contributed by atoms with van der Waals surface area (Å²) in [5, 5.41) is 21.3. The Bertz CT molecular complexity index is 1560. The molecule has 11 heteroatoms. The van der Waals surface area contributed by atoms with Crippen LogP contribution in [0.1, 0.15) is 16.2 Å². The number of rotatable bonds is 4. The van der Waals surface area contributed by atoms with E-state index in [0.29, 0.717) is 15.8 Å². The normalized spacial score (nSPS) is 11.0. The van der Waals surface area contributed by atoms with Gasteiger partial charge in [0, 0.05) is 11.3 Å². The Morgan fingerprint density at radius 2 is 1.91 bits per heavy atom. The molecule has 0 saturated heterocycles. The summed E-state index contributed by atoms with van der Waals surface area (Å²) < 4.78 is 7.93. The lowest BCUT2D eigenvalue weighted by Crippen LogP contribution is -2.34. The van der Waals surface area contributed by atoms with Gasteiger partial charge in [-0.1, -0.05) is 35.6 Å². The molecular weight excluding hydrogens is 536 g/mol. The van der Waals surface area contributed by atoms with Crippen LogP contribution in [0.25, 0.3) is 26.3 Å². The Labute approximate surface area is 212 Å². The maximum atomic E-state index is 13.0. The lowest BCUT2D eigenvalue weighted by molar-refractivity contribution is 0.0975. The van der Waals surface area contributed by atoms with Crippen LogP contribution < -0.4 is 15.4 Å². The third-order valence-corrected chi connectivity index (χ3v) is 7.09. The molecule has 3 aromatic carbocycles. The van der Waals surface area contributed by atoms with Gasteiger partial charge in [-0.25, -0.2) is 0 Å². The minimum absolute atomic E-state index is 0.179. The summed E-state index contributed by atoms with van der Waals surface area (Å²) in [7, 11) is 1.53. The molecule has 0 radical (unpaired) electrons. The highest BCUT2D eigenvalue weighted by Gasteiger charge is 2.19. The fraction of sp³-hybridized carbons (Fsp3) is 0.0870. The zero-order valence-corrected chi connectivity index (χ0v) is 21.2. The van der Waals surface area contributed by atoms with Crippen LogP contribution in [0, 0.1) is 6.92 Å². The number of thiocarbonyl (C=S) groups is 1. The first kappa shape index (κ1) is 22.4. The SMILES string of the molecule is COc1c(C(=O)NC(=S)Nc2ccc(-c3nn4c(C)nnc4s3)cc2)cc2ccccc2c1Br. The third-order valence-electron chi connectivity index (χ3n) is 5.15. The van der Waals surface area contributed by atoms with Crippen LogP contribution in [0.15, 0.2) is 59.1 Å². The maximum Gasteiger partial charge on any atom is 0.261 e. The van der Waals surface area contributed by atoms with Crippen molar-refractivity contribution >= 4 is 71.9 Å². The van der Waals surface area contributed by atoms with Crippen molar-refractivity contribution in [1.82, 2.24) is 25.1 Å². The fourth-order valence-electron chi connectivity index (χ4n) is 3.51. The summed E-state index contributed by atoms with van der Waals surface area (Å²) in [6, 6.07) is 17.1. The van der Waals surface area contributed by atoms with Crippen LogP contribution in [-0.2, 0) is 0 Å². The number of methoxy groups -OCH3 is 1. The lowest BCUT2D eigenvalue weighted by atomic mass is 10.1. The summed E-state index contributed by atoms with van der Waals surface area (Å²) in [5.41, 5.74) is 2.06. The Balaban J connectivity index is 1.31. The van der Waals surface area contributed by atoms with Crippen molar-refractivity contribution in [3.8, 4) is 16.3 Å². The molecule has 1 amide bonds. The van der Waals surface area contributed by atoms with Gasteiger partial charge in [0.1, 0.15) is 10.8 Å². The third kappa shape index (κ3) is 4.13. The second-order valence-electron chi connectivity index (χ2n) is 7.33. The monoisotopic (exact) mass is 552 g/mol. The minimum atomic E-state index is -0.368. The highest BCUT2D eigenvalue weighted by molar-refractivity contribution is 9.10. The van der Waals surface area contributed by atoms with Crippen molar-refractivity contribution in [3.05, 3.63) is 70.5 Å². The summed E-state index contributed by atoms with van der Waals surface area (Å²) >= 11 is 10.4. The highest BCUT2D eigenvalue weighted by atomic mass is 79.9. The van der Waals surface area contributed by atoms with Crippen LogP contribution in [0.3, 0.4) is 0 Å². The number of carbonyl (C=O) groups is 1. The van der Waals surface area contributed by atoms with Crippen molar-refractivity contribution in [2.24, 2.45) is 0 Å². The van der Waals surface area contributed by atoms with E-state index < -0.39 is 0 Å². The Kier molecular flexibility index (Phi) is 5.98. The predicted molar refractivity (Wildman–Crippen MR) is 141 cm³/mol. The van der Waals surface area contributed by atoms with Gasteiger partial charge in [-0.3, -0.25) is 10.1 Å². The van der Waals surface area contributed by atoms with E-state index in [9.17, 15) is 4.79 Å². The van der Waals surface area contributed by atoms with Gasteiger partial charge in [0.2, 0.25) is 4.96 Å². The van der Waals surface area contributed by atoms with Crippen LogP contribution >= 0.6 is 39.5 Å². The van der Waals surface area contributed by atoms with E-state index in [1.807, 2.05) is 55.5 Å². The average molecular weight is 553 g/mol. The van der Waals surface area contributed by atoms with Crippen LogP contribution in [0.2, 0.25) is 0 Å². The minimum Gasteiger partial charge on any atom is -0.495 e. The highest BCUT2D eigenvalue weighted by Crippen LogP contribution is 2.36. The largest absolute Gasteiger partial charge is 0.495 e. The summed E-state index contributed by atoms with van der Waals surface area (Å²) in [6.07, 6.45) is 0. The Hall–Kier alpha value is -3.41. The molecule has 0 fully saturated rings. The number of amides is 1. The van der Waals surface area contributed by atoms with Gasteiger partial charge in [-0.15, -0.1) is 10.2 Å². The van der Waals surface area contributed by atoms with Crippen LogP contribution in [0.4, 0.5) is 5.69 Å². The van der Waals surface area contributed by atoms with E-state index in [0.717, 1.165) is 37.8 Å². The Morgan fingerprint density at radius 1 is 1.15 bits per heavy atom. The van der Waals surface area contributed by atoms with Gasteiger partial charge >= 0.3 is 0 Å². The predicted octanol–water partition coefficient (Wildman–Crippen LogP) is 5.21. The van der Waals surface area contributed by atoms with Crippen molar-refractivity contribution in [1.29, 1.82) is 0 Å². The molecule has 0 aliphatic carbocycles. The molecule has 5 rings (SSSR count). The van der Waals surface area contributed by atoms with Gasteiger partial charge in [0.05, 0.1) is 17.1 Å². The molecule has 8 nitrogen and oxygen atoms in total. The molecule has 0 aliphatic heterocycles. The number of aryl methyl sites for hydroxylation is 1. The number of hydrogen-bond acceptors (Lipinski definition) is 7. The fourth-order valence-corrected chi connectivity index (χ4v) is 5.35. The number of benzene rings is 3. The molecule has 2 aromatic heterocycles. The van der Waals surface area contributed by atoms with Crippen LogP contribution in [-0.4, -0.2) is 37.9 Å². The van der Waals surface area contributed by atoms with E-state index in [4.69, 9.17) is 17.0 Å². The van der Waals surface area contributed by atoms with Crippen molar-refractivity contribution in [3.63, 3.8) is 0 Å². The molecule has 0 unspecified atom stereocenters. The molecule has 0 bridgehead atoms. The zero-order chi connectivity index (χ0) is 23.8. The van der Waals surface area contributed by atoms with Gasteiger partial charge < -0.3 is 10.1 Å². The molecule has 170 valence electrons. The molecule has 0 saturated carbocycles. The first-order valence-electron chi connectivity index (χ1n) is 10.1. The van der Waals surface area contributed by atoms with Gasteiger partial charge in [-0.2, -0.15) is 9.61 Å². The first-order chi connectivity index (χ1) is 16.4. The van der Waals surface area contributed by atoms with Gasteiger partial charge in [0.15, 0.2) is 10.9 Å². The molecular formula is C23H17BrN6O2S2.